The summed E-state index contributed by atoms with van der Waals surface area (Å²) < 4.78 is 3.12. The van der Waals surface area contributed by atoms with E-state index >= 15 is 0 Å². The molecule has 35 heavy (non-hydrogen) atoms. The Labute approximate surface area is 201 Å². The first-order valence-corrected chi connectivity index (χ1v) is 11.4. The Morgan fingerprint density at radius 1 is 0.914 bits per heavy atom. The lowest BCUT2D eigenvalue weighted by Crippen LogP contribution is -2.29. The van der Waals surface area contributed by atoms with Crippen molar-refractivity contribution < 1.29 is 4.79 Å². The fourth-order valence-corrected chi connectivity index (χ4v) is 3.99. The maximum atomic E-state index is 12.6. The van der Waals surface area contributed by atoms with E-state index in [1.165, 1.54) is 4.68 Å². The zero-order valence-electron chi connectivity index (χ0n) is 19.0. The Bertz CT molecular complexity index is 1510. The number of carbonyl (C=O) groups excluding carboxylic acids is 1. The van der Waals surface area contributed by atoms with E-state index in [2.05, 4.69) is 45.0 Å². The lowest BCUT2D eigenvalue weighted by atomic mass is 9.98. The molecule has 2 aromatic heterocycles. The molecule has 8 nitrogen and oxygen atoms in total. The molecule has 0 saturated heterocycles. The maximum absolute atomic E-state index is 12.6. The molecule has 0 aliphatic heterocycles. The lowest BCUT2D eigenvalue weighted by Gasteiger charge is -2.12. The van der Waals surface area contributed by atoms with Crippen LogP contribution in [0.3, 0.4) is 0 Å². The minimum atomic E-state index is -0.246. The van der Waals surface area contributed by atoms with Gasteiger partial charge in [-0.2, -0.15) is 5.10 Å². The Kier molecular flexibility index (Phi) is 6.43. The second-order valence-corrected chi connectivity index (χ2v) is 8.22. The first kappa shape index (κ1) is 22.2. The van der Waals surface area contributed by atoms with Gasteiger partial charge in [-0.3, -0.25) is 14.3 Å². The van der Waals surface area contributed by atoms with Crippen molar-refractivity contribution in [2.24, 2.45) is 0 Å². The summed E-state index contributed by atoms with van der Waals surface area (Å²) in [6.45, 7) is 1.28. The van der Waals surface area contributed by atoms with Crippen molar-refractivity contribution in [2.75, 3.05) is 0 Å². The quantitative estimate of drug-likeness (QED) is 0.380. The largest absolute Gasteiger partial charge is 0.352 e. The van der Waals surface area contributed by atoms with Gasteiger partial charge in [-0.15, -0.1) is 5.10 Å². The van der Waals surface area contributed by atoms with Crippen LogP contribution >= 0.6 is 0 Å². The van der Waals surface area contributed by atoms with Crippen molar-refractivity contribution in [3.63, 3.8) is 0 Å². The molecule has 0 radical (unpaired) electrons. The first-order chi connectivity index (χ1) is 17.2. The van der Waals surface area contributed by atoms with Crippen LogP contribution in [-0.4, -0.2) is 30.7 Å². The van der Waals surface area contributed by atoms with E-state index < -0.39 is 0 Å². The molecule has 0 aliphatic carbocycles. The van der Waals surface area contributed by atoms with Gasteiger partial charge in [-0.25, -0.2) is 4.68 Å². The van der Waals surface area contributed by atoms with Gasteiger partial charge in [0.25, 0.3) is 5.56 Å². The van der Waals surface area contributed by atoms with Crippen LogP contribution in [0.2, 0.25) is 0 Å². The van der Waals surface area contributed by atoms with Gasteiger partial charge in [0.05, 0.1) is 18.5 Å². The molecule has 0 unspecified atom stereocenters. The Morgan fingerprint density at radius 2 is 1.71 bits per heavy atom. The number of carbonyl (C=O) groups is 1. The lowest BCUT2D eigenvalue weighted by molar-refractivity contribution is -0.121. The van der Waals surface area contributed by atoms with Crippen LogP contribution in [0.1, 0.15) is 17.5 Å². The van der Waals surface area contributed by atoms with E-state index in [4.69, 9.17) is 0 Å². The van der Waals surface area contributed by atoms with Crippen LogP contribution in [0, 0.1) is 0 Å². The number of aryl methyl sites for hydroxylation is 1. The van der Waals surface area contributed by atoms with Gasteiger partial charge in [0.15, 0.2) is 0 Å². The van der Waals surface area contributed by atoms with Crippen LogP contribution in [-0.2, 0) is 24.4 Å². The molecule has 2 heterocycles. The second-order valence-electron chi connectivity index (χ2n) is 8.22. The second kappa shape index (κ2) is 10.1. The Balaban J connectivity index is 1.22. The van der Waals surface area contributed by atoms with E-state index in [-0.39, 0.29) is 24.4 Å². The Hall–Kier alpha value is -4.59. The van der Waals surface area contributed by atoms with Gasteiger partial charge in [-0.1, -0.05) is 65.9 Å². The van der Waals surface area contributed by atoms with Crippen molar-refractivity contribution in [3.05, 3.63) is 113 Å². The average molecular weight is 465 g/mol. The molecule has 0 atom stereocenters. The standard InChI is InChI=1S/C27H24N6O2/c34-26(14-17-33-27(35)24-8-3-4-9-25(24)30-31-33)28-18-22-6-1-2-7-23(22)21-12-10-20(11-13-21)19-32-16-5-15-29-32/h1-13,15-16H,14,17-19H2,(H,28,34). The molecule has 8 heteroatoms. The Morgan fingerprint density at radius 3 is 2.54 bits per heavy atom. The number of amides is 1. The van der Waals surface area contributed by atoms with Gasteiger partial charge in [-0.05, 0) is 40.5 Å². The minimum absolute atomic E-state index is 0.136. The molecule has 1 N–H and O–H groups in total. The summed E-state index contributed by atoms with van der Waals surface area (Å²) in [5.74, 6) is -0.156. The highest BCUT2D eigenvalue weighted by molar-refractivity contribution is 5.77. The zero-order valence-corrected chi connectivity index (χ0v) is 19.0. The average Bonchev–Trinajstić information content (AvgIpc) is 3.41. The molecule has 0 fully saturated rings. The molecule has 3 aromatic carbocycles. The number of nitrogens with one attached hydrogen (secondary N) is 1. The predicted molar refractivity (Wildman–Crippen MR) is 133 cm³/mol. The van der Waals surface area contributed by atoms with Crippen LogP contribution in [0.25, 0.3) is 22.0 Å². The van der Waals surface area contributed by atoms with E-state index in [1.807, 2.05) is 47.3 Å². The van der Waals surface area contributed by atoms with E-state index in [1.54, 1.807) is 24.4 Å². The van der Waals surface area contributed by atoms with Crippen LogP contribution in [0.5, 0.6) is 0 Å². The van der Waals surface area contributed by atoms with E-state index in [9.17, 15) is 9.59 Å². The molecule has 174 valence electrons. The molecule has 0 spiro atoms. The smallest absolute Gasteiger partial charge is 0.277 e. The van der Waals surface area contributed by atoms with Crippen molar-refractivity contribution in [1.82, 2.24) is 30.1 Å². The van der Waals surface area contributed by atoms with Crippen LogP contribution in [0.15, 0.2) is 96.1 Å². The van der Waals surface area contributed by atoms with Gasteiger partial charge in [0.2, 0.25) is 5.91 Å². The van der Waals surface area contributed by atoms with Gasteiger partial charge >= 0.3 is 0 Å². The highest BCUT2D eigenvalue weighted by Crippen LogP contribution is 2.24. The summed E-state index contributed by atoms with van der Waals surface area (Å²) in [7, 11) is 0. The topological polar surface area (TPSA) is 94.7 Å². The maximum Gasteiger partial charge on any atom is 0.277 e. The number of hydrogen-bond acceptors (Lipinski definition) is 5. The summed E-state index contributed by atoms with van der Waals surface area (Å²) in [4.78, 5) is 25.1. The fourth-order valence-electron chi connectivity index (χ4n) is 3.99. The normalized spacial score (nSPS) is 11.0. The van der Waals surface area contributed by atoms with Gasteiger partial charge < -0.3 is 5.32 Å². The third-order valence-electron chi connectivity index (χ3n) is 5.84. The van der Waals surface area contributed by atoms with Crippen molar-refractivity contribution >= 4 is 16.8 Å². The number of hydrogen-bond donors (Lipinski definition) is 1. The summed E-state index contributed by atoms with van der Waals surface area (Å²) in [6.07, 6.45) is 3.85. The molecule has 5 rings (SSSR count). The molecule has 0 aliphatic rings. The van der Waals surface area contributed by atoms with E-state index in [0.717, 1.165) is 28.8 Å². The van der Waals surface area contributed by atoms with Crippen LogP contribution in [0.4, 0.5) is 0 Å². The fraction of sp³-hybridized carbons (Fsp3) is 0.148. The summed E-state index contributed by atoms with van der Waals surface area (Å²) in [6, 6.07) is 25.3. The summed E-state index contributed by atoms with van der Waals surface area (Å²) in [5, 5.41) is 15.7. The third kappa shape index (κ3) is 5.16. The number of aromatic nitrogens is 5. The molecule has 0 bridgehead atoms. The van der Waals surface area contributed by atoms with Crippen molar-refractivity contribution in [1.29, 1.82) is 0 Å². The molecule has 0 saturated carbocycles. The van der Waals surface area contributed by atoms with Gasteiger partial charge in [0.1, 0.15) is 5.52 Å². The third-order valence-corrected chi connectivity index (χ3v) is 5.84. The van der Waals surface area contributed by atoms with Crippen molar-refractivity contribution in [2.45, 2.75) is 26.1 Å². The monoisotopic (exact) mass is 464 g/mol. The summed E-state index contributed by atoms with van der Waals surface area (Å²) >= 11 is 0. The highest BCUT2D eigenvalue weighted by Gasteiger charge is 2.10. The summed E-state index contributed by atoms with van der Waals surface area (Å²) in [5.41, 5.74) is 4.62. The van der Waals surface area contributed by atoms with E-state index in [0.29, 0.717) is 17.4 Å². The molecular formula is C27H24N6O2. The first-order valence-electron chi connectivity index (χ1n) is 11.4. The predicted octanol–water partition coefficient (Wildman–Crippen LogP) is 3.41. The SMILES string of the molecule is O=C(CCn1nnc2ccccc2c1=O)NCc1ccccc1-c1ccc(Cn2cccn2)cc1. The number of benzene rings is 3. The minimum Gasteiger partial charge on any atom is -0.352 e. The van der Waals surface area contributed by atoms with Gasteiger partial charge in [0, 0.05) is 25.4 Å². The number of nitrogens with zero attached hydrogens (tertiary/aromatic N) is 5. The van der Waals surface area contributed by atoms with Crippen molar-refractivity contribution in [3.8, 4) is 11.1 Å². The van der Waals surface area contributed by atoms with Crippen LogP contribution < -0.4 is 10.9 Å². The zero-order chi connectivity index (χ0) is 24.0. The number of fused-ring (bicyclic) bond motifs is 1. The molecule has 5 aromatic rings. The number of rotatable bonds is 8. The molecule has 1 amide bonds. The highest BCUT2D eigenvalue weighted by atomic mass is 16.2. The molecular weight excluding hydrogens is 440 g/mol.